The lowest BCUT2D eigenvalue weighted by atomic mass is 10.1. The summed E-state index contributed by atoms with van der Waals surface area (Å²) >= 11 is 0. The second kappa shape index (κ2) is 7.79. The first-order valence-electron chi connectivity index (χ1n) is 9.81. The Morgan fingerprint density at radius 1 is 1.12 bits per heavy atom. The molecule has 0 saturated heterocycles. The summed E-state index contributed by atoms with van der Waals surface area (Å²) in [6, 6.07) is 9.79. The Morgan fingerprint density at radius 2 is 1.72 bits per heavy atom. The van der Waals surface area contributed by atoms with Crippen LogP contribution >= 0.6 is 0 Å². The van der Waals surface area contributed by atoms with Crippen LogP contribution in [0.15, 0.2) is 18.2 Å². The topological polar surface area (TPSA) is 9.23 Å². The molecule has 0 aliphatic heterocycles. The molecule has 25 heavy (non-hydrogen) atoms. The van der Waals surface area contributed by atoms with Crippen LogP contribution in [-0.4, -0.2) is 16.4 Å². The van der Waals surface area contributed by atoms with E-state index in [2.05, 4.69) is 54.2 Å². The lowest BCUT2D eigenvalue weighted by Gasteiger charge is -2.46. The quantitative estimate of drug-likeness (QED) is 0.431. The molecule has 1 aromatic rings. The number of fused-ring (bicyclic) bond motifs is 1. The van der Waals surface area contributed by atoms with Crippen molar-refractivity contribution in [3.05, 3.63) is 35.4 Å². The van der Waals surface area contributed by atoms with Gasteiger partial charge in [-0.3, -0.25) is 0 Å². The number of hydrogen-bond donors (Lipinski definition) is 0. The van der Waals surface area contributed by atoms with Crippen molar-refractivity contribution in [2.24, 2.45) is 0 Å². The average Bonchev–Trinajstić information content (AvgIpc) is 2.99. The first-order valence-corrected chi connectivity index (χ1v) is 15.1. The summed E-state index contributed by atoms with van der Waals surface area (Å²) in [5.41, 5.74) is 2.10. The fraction of sp³-hybridized carbons (Fsp3) is 0.619. The predicted octanol–water partition coefficient (Wildman–Crippen LogP) is 7.33. The third-order valence-electron chi connectivity index (χ3n) is 7.11. The van der Waals surface area contributed by atoms with E-state index in [0.717, 1.165) is 11.3 Å². The van der Waals surface area contributed by atoms with Crippen LogP contribution in [-0.2, 0) is 0 Å². The van der Waals surface area contributed by atoms with Crippen LogP contribution in [0.5, 0.6) is 5.75 Å². The van der Waals surface area contributed by atoms with Crippen molar-refractivity contribution in [2.45, 2.75) is 83.1 Å². The van der Waals surface area contributed by atoms with Gasteiger partial charge in [-0.15, -0.1) is 0 Å². The van der Waals surface area contributed by atoms with Crippen LogP contribution in [0.4, 0.5) is 4.39 Å². The summed E-state index contributed by atoms with van der Waals surface area (Å²) in [6.07, 6.45) is 3.39. The smallest absolute Gasteiger partial charge is 0.250 e. The molecule has 1 aliphatic rings. The normalized spacial score (nSPS) is 20.4. The number of benzene rings is 1. The molecule has 2 rings (SSSR count). The van der Waals surface area contributed by atoms with E-state index in [9.17, 15) is 4.39 Å². The summed E-state index contributed by atoms with van der Waals surface area (Å²) in [4.78, 5) is 0. The molecule has 0 saturated carbocycles. The lowest BCUT2D eigenvalue weighted by molar-refractivity contribution is 0.396. The highest BCUT2D eigenvalue weighted by Gasteiger charge is 2.51. The maximum Gasteiger partial charge on any atom is 0.250 e. The van der Waals surface area contributed by atoms with E-state index in [1.165, 1.54) is 18.1 Å². The predicted molar refractivity (Wildman–Crippen MR) is 112 cm³/mol. The third-order valence-corrected chi connectivity index (χ3v) is 21.4. The molecular weight excluding hydrogens is 343 g/mol. The maximum atomic E-state index is 14.4. The van der Waals surface area contributed by atoms with Gasteiger partial charge in [-0.25, -0.2) is 4.39 Å². The Morgan fingerprint density at radius 3 is 2.24 bits per heavy atom. The molecule has 0 amide bonds. The van der Waals surface area contributed by atoms with Crippen LogP contribution in [0, 0.1) is 6.08 Å². The molecule has 1 aromatic carbocycles. The molecule has 139 valence electrons. The van der Waals surface area contributed by atoms with Gasteiger partial charge >= 0.3 is 0 Å². The summed E-state index contributed by atoms with van der Waals surface area (Å²) in [6.45, 7) is 16.5. The second-order valence-electron chi connectivity index (χ2n) is 8.02. The fourth-order valence-electron chi connectivity index (χ4n) is 4.51. The van der Waals surface area contributed by atoms with Crippen molar-refractivity contribution < 1.29 is 8.82 Å². The molecule has 0 N–H and O–H groups in total. The zero-order valence-electron chi connectivity index (χ0n) is 16.9. The molecule has 1 radical (unpaired) electrons. The van der Waals surface area contributed by atoms with Crippen molar-refractivity contribution in [1.29, 1.82) is 0 Å². The Kier molecular flexibility index (Phi) is 6.37. The number of hydrogen-bond acceptors (Lipinski definition) is 1. The van der Waals surface area contributed by atoms with Crippen molar-refractivity contribution in [1.82, 2.24) is 0 Å². The van der Waals surface area contributed by atoms with E-state index >= 15 is 0 Å². The molecule has 0 fully saturated rings. The molecule has 0 bridgehead atoms. The highest BCUT2D eigenvalue weighted by atomic mass is 28.4. The van der Waals surface area contributed by atoms with Crippen molar-refractivity contribution >= 4 is 22.5 Å². The van der Waals surface area contributed by atoms with Gasteiger partial charge in [0.2, 0.25) is 0 Å². The fourth-order valence-corrected chi connectivity index (χ4v) is 17.8. The highest BCUT2D eigenvalue weighted by Crippen LogP contribution is 2.47. The number of alkyl halides is 1. The standard InChI is InChI=1S/C21H34FOSi2/c1-8-25(9-2,10-3)17(6)24(7,16(4)5)23-20-13-11-12-18-14-15-19(22)21(18)20/h11-14,16-17,19H,8-10H2,1-7H3. The first-order chi connectivity index (χ1) is 11.8. The zero-order valence-corrected chi connectivity index (χ0v) is 18.9. The summed E-state index contributed by atoms with van der Waals surface area (Å²) in [7, 11) is -3.48. The van der Waals surface area contributed by atoms with Gasteiger partial charge in [0.25, 0.3) is 8.32 Å². The van der Waals surface area contributed by atoms with E-state index in [1.54, 1.807) is 6.08 Å². The number of halogens is 1. The molecule has 0 aromatic heterocycles. The van der Waals surface area contributed by atoms with Gasteiger partial charge in [0.05, 0.1) is 8.07 Å². The van der Waals surface area contributed by atoms with Crippen molar-refractivity contribution in [3.8, 4) is 5.75 Å². The van der Waals surface area contributed by atoms with Gasteiger partial charge < -0.3 is 4.43 Å². The molecular formula is C21H34FOSi2. The van der Waals surface area contributed by atoms with Gasteiger partial charge in [-0.1, -0.05) is 71.8 Å². The Labute approximate surface area is 155 Å². The van der Waals surface area contributed by atoms with E-state index in [0.29, 0.717) is 16.3 Å². The Bertz CT molecular complexity index is 616. The monoisotopic (exact) mass is 377 g/mol. The van der Waals surface area contributed by atoms with E-state index in [1.807, 2.05) is 18.2 Å². The molecule has 1 nitrogen and oxygen atoms in total. The number of allylic oxidation sites excluding steroid dienone is 1. The van der Waals surface area contributed by atoms with Crippen LogP contribution in [0.3, 0.4) is 0 Å². The summed E-state index contributed by atoms with van der Waals surface area (Å²) < 4.78 is 21.2. The SMILES string of the molecule is CC[Si](CC)(CC)C(C)[Si](C)(Oc1cccc2c1C(F)[C]=C2)C(C)C. The zero-order chi connectivity index (χ0) is 18.8. The Hall–Kier alpha value is -0.876. The van der Waals surface area contributed by atoms with Crippen LogP contribution in [0.2, 0.25) is 35.4 Å². The van der Waals surface area contributed by atoms with E-state index in [-0.39, 0.29) is 0 Å². The second-order valence-corrected chi connectivity index (χ2v) is 18.9. The van der Waals surface area contributed by atoms with Crippen LogP contribution in [0.1, 0.15) is 58.8 Å². The minimum absolute atomic E-state index is 0.492. The van der Waals surface area contributed by atoms with E-state index in [4.69, 9.17) is 4.43 Å². The first kappa shape index (κ1) is 20.4. The van der Waals surface area contributed by atoms with Gasteiger partial charge in [0, 0.05) is 5.56 Å². The molecule has 0 heterocycles. The van der Waals surface area contributed by atoms with Crippen LogP contribution < -0.4 is 4.43 Å². The minimum Gasteiger partial charge on any atom is -0.543 e. The molecule has 1 aliphatic carbocycles. The van der Waals surface area contributed by atoms with Gasteiger partial charge in [0.1, 0.15) is 5.75 Å². The maximum absolute atomic E-state index is 14.4. The average molecular weight is 378 g/mol. The van der Waals surface area contributed by atoms with Crippen LogP contribution in [0.25, 0.3) is 6.08 Å². The van der Waals surface area contributed by atoms with E-state index < -0.39 is 22.6 Å². The Balaban J connectivity index is 2.44. The molecule has 3 atom stereocenters. The molecule has 0 spiro atoms. The number of rotatable bonds is 8. The molecule has 3 unspecified atom stereocenters. The van der Waals surface area contributed by atoms with Crippen molar-refractivity contribution in [2.75, 3.05) is 0 Å². The van der Waals surface area contributed by atoms with Gasteiger partial charge in [-0.05, 0) is 41.0 Å². The van der Waals surface area contributed by atoms with Crippen molar-refractivity contribution in [3.63, 3.8) is 0 Å². The van der Waals surface area contributed by atoms with Gasteiger partial charge in [-0.2, -0.15) is 0 Å². The summed E-state index contributed by atoms with van der Waals surface area (Å²) in [5.74, 6) is 0.757. The minimum atomic E-state index is -2.09. The molecule has 4 heteroatoms. The largest absolute Gasteiger partial charge is 0.543 e. The lowest BCUT2D eigenvalue weighted by Crippen LogP contribution is -2.56. The highest BCUT2D eigenvalue weighted by molar-refractivity contribution is 6.97. The van der Waals surface area contributed by atoms with Gasteiger partial charge in [0.15, 0.2) is 6.17 Å². The third kappa shape index (κ3) is 3.52. The summed E-state index contributed by atoms with van der Waals surface area (Å²) in [5, 5.41) is 0.632.